The van der Waals surface area contributed by atoms with Crippen LogP contribution in [-0.2, 0) is 19.2 Å². The van der Waals surface area contributed by atoms with Gasteiger partial charge >= 0.3 is 29.8 Å². The summed E-state index contributed by atoms with van der Waals surface area (Å²) in [5, 5.41) is 0. The lowest BCUT2D eigenvalue weighted by atomic mass is 10.1. The molecule has 0 aromatic heterocycles. The SMILES string of the molecule is C=CC(=O)Oc1cc(C#Cc2ccc(OC(=O)c3ccc(OC(=O)C(=C)C)cc3)cc2)c(OC(=O)C=C)cc1C#Cc1ccc(OC(=O)C(=C)C)cc1. The quantitative estimate of drug-likeness (QED) is 0.0747. The van der Waals surface area contributed by atoms with E-state index in [0.29, 0.717) is 16.9 Å². The second kappa shape index (κ2) is 17.8. The molecule has 0 fully saturated rings. The van der Waals surface area contributed by atoms with E-state index >= 15 is 0 Å². The molecule has 0 amide bonds. The van der Waals surface area contributed by atoms with Gasteiger partial charge in [0.15, 0.2) is 0 Å². The maximum absolute atomic E-state index is 12.7. The van der Waals surface area contributed by atoms with Crippen molar-refractivity contribution in [3.8, 4) is 52.4 Å². The van der Waals surface area contributed by atoms with Crippen LogP contribution in [0.4, 0.5) is 0 Å². The first-order chi connectivity index (χ1) is 25.3. The van der Waals surface area contributed by atoms with Crippen LogP contribution in [0.5, 0.6) is 28.7 Å². The van der Waals surface area contributed by atoms with Crippen LogP contribution in [0.25, 0.3) is 0 Å². The summed E-state index contributed by atoms with van der Waals surface area (Å²) in [5.74, 6) is 9.18. The van der Waals surface area contributed by atoms with Crippen LogP contribution in [0.15, 0.2) is 135 Å². The van der Waals surface area contributed by atoms with Crippen molar-refractivity contribution in [2.75, 3.05) is 0 Å². The predicted octanol–water partition coefficient (Wildman–Crippen LogP) is 6.85. The summed E-state index contributed by atoms with van der Waals surface area (Å²) in [6.45, 7) is 17.0. The van der Waals surface area contributed by atoms with Crippen LogP contribution in [-0.4, -0.2) is 29.8 Å². The molecule has 53 heavy (non-hydrogen) atoms. The summed E-state index contributed by atoms with van der Waals surface area (Å²) in [4.78, 5) is 60.6. The number of hydrogen-bond acceptors (Lipinski definition) is 10. The van der Waals surface area contributed by atoms with Crippen molar-refractivity contribution < 1.29 is 47.7 Å². The predicted molar refractivity (Wildman–Crippen MR) is 195 cm³/mol. The van der Waals surface area contributed by atoms with Gasteiger partial charge in [0.25, 0.3) is 0 Å². The van der Waals surface area contributed by atoms with E-state index in [1.807, 2.05) is 0 Å². The van der Waals surface area contributed by atoms with Crippen LogP contribution in [0.2, 0.25) is 0 Å². The van der Waals surface area contributed by atoms with E-state index in [-0.39, 0.29) is 50.8 Å². The molecular formula is C43H30O10. The van der Waals surface area contributed by atoms with Crippen LogP contribution in [0.1, 0.15) is 46.5 Å². The highest BCUT2D eigenvalue weighted by Crippen LogP contribution is 2.29. The van der Waals surface area contributed by atoms with E-state index in [4.69, 9.17) is 23.7 Å². The first kappa shape index (κ1) is 38.1. The molecule has 0 heterocycles. The van der Waals surface area contributed by atoms with E-state index in [1.165, 1.54) is 62.4 Å². The number of carbonyl (C=O) groups excluding carboxylic acids is 5. The van der Waals surface area contributed by atoms with Crippen molar-refractivity contribution in [1.82, 2.24) is 0 Å². The van der Waals surface area contributed by atoms with Gasteiger partial charge < -0.3 is 23.7 Å². The minimum atomic E-state index is -0.767. The van der Waals surface area contributed by atoms with E-state index in [0.717, 1.165) is 12.2 Å². The summed E-state index contributed by atoms with van der Waals surface area (Å²) in [6, 6.07) is 21.3. The fourth-order valence-corrected chi connectivity index (χ4v) is 3.93. The van der Waals surface area contributed by atoms with Gasteiger partial charge in [-0.25, -0.2) is 24.0 Å². The Morgan fingerprint density at radius 1 is 0.509 bits per heavy atom. The van der Waals surface area contributed by atoms with Gasteiger partial charge in [0, 0.05) is 46.6 Å². The van der Waals surface area contributed by atoms with E-state index in [1.54, 1.807) is 36.4 Å². The largest absolute Gasteiger partial charge is 0.423 e. The molecule has 0 aliphatic heterocycles. The molecule has 0 N–H and O–H groups in total. The lowest BCUT2D eigenvalue weighted by molar-refractivity contribution is -0.130. The van der Waals surface area contributed by atoms with Gasteiger partial charge in [-0.3, -0.25) is 0 Å². The third kappa shape index (κ3) is 11.2. The average Bonchev–Trinajstić information content (AvgIpc) is 3.15. The zero-order chi connectivity index (χ0) is 38.5. The Morgan fingerprint density at radius 2 is 0.868 bits per heavy atom. The molecule has 0 unspecified atom stereocenters. The highest BCUT2D eigenvalue weighted by Gasteiger charge is 2.15. The average molecular weight is 707 g/mol. The Hall–Kier alpha value is -7.69. The fourth-order valence-electron chi connectivity index (χ4n) is 3.93. The molecule has 4 aromatic carbocycles. The molecule has 262 valence electrons. The molecule has 4 aromatic rings. The second-order valence-corrected chi connectivity index (χ2v) is 10.9. The van der Waals surface area contributed by atoms with E-state index in [9.17, 15) is 24.0 Å². The minimum Gasteiger partial charge on any atom is -0.423 e. The molecule has 10 heteroatoms. The van der Waals surface area contributed by atoms with Crippen molar-refractivity contribution in [1.29, 1.82) is 0 Å². The molecule has 0 radical (unpaired) electrons. The molecule has 4 rings (SSSR count). The zero-order valence-corrected chi connectivity index (χ0v) is 28.6. The van der Waals surface area contributed by atoms with Crippen molar-refractivity contribution in [2.24, 2.45) is 0 Å². The summed E-state index contributed by atoms with van der Waals surface area (Å²) >= 11 is 0. The zero-order valence-electron chi connectivity index (χ0n) is 28.6. The molecule has 0 saturated heterocycles. The molecule has 0 spiro atoms. The van der Waals surface area contributed by atoms with E-state index in [2.05, 4.69) is 50.0 Å². The normalized spacial score (nSPS) is 9.70. The number of benzene rings is 4. The smallest absolute Gasteiger partial charge is 0.343 e. The first-order valence-electron chi connectivity index (χ1n) is 15.5. The van der Waals surface area contributed by atoms with Gasteiger partial charge in [-0.15, -0.1) is 0 Å². The van der Waals surface area contributed by atoms with Crippen molar-refractivity contribution in [3.05, 3.63) is 162 Å². The molecule has 0 aliphatic rings. The summed E-state index contributed by atoms with van der Waals surface area (Å²) in [5.41, 5.74) is 2.11. The number of carbonyl (C=O) groups is 5. The van der Waals surface area contributed by atoms with Gasteiger partial charge in [0.1, 0.15) is 28.7 Å². The topological polar surface area (TPSA) is 132 Å². The molecule has 0 saturated carbocycles. The lowest BCUT2D eigenvalue weighted by Gasteiger charge is -2.10. The maximum atomic E-state index is 12.7. The summed E-state index contributed by atoms with van der Waals surface area (Å²) in [6.07, 6.45) is 1.95. The molecule has 10 nitrogen and oxygen atoms in total. The minimum absolute atomic E-state index is 0.0121. The Balaban J connectivity index is 1.58. The first-order valence-corrected chi connectivity index (χ1v) is 15.5. The van der Waals surface area contributed by atoms with Crippen molar-refractivity contribution >= 4 is 29.8 Å². The third-order valence-electron chi connectivity index (χ3n) is 6.65. The Kier molecular flexibility index (Phi) is 12.8. The van der Waals surface area contributed by atoms with Crippen molar-refractivity contribution in [3.63, 3.8) is 0 Å². The highest BCUT2D eigenvalue weighted by molar-refractivity contribution is 5.92. The highest BCUT2D eigenvalue weighted by atomic mass is 16.6. The second-order valence-electron chi connectivity index (χ2n) is 10.9. The molecule has 0 atom stereocenters. The standard InChI is InChI=1S/C43H30O10/c1-7-39(44)52-37-26-33(38(53-40(45)8-2)25-32(37)15-9-29-11-19-34(20-12-29)49-41(46)27(3)4)16-10-30-13-21-35(22-14-30)51-43(48)31-17-23-36(24-18-31)50-42(47)28(5)6/h7-8,11-14,17-26H,1-3,5H2,4,6H3. The molecule has 0 bridgehead atoms. The monoisotopic (exact) mass is 706 g/mol. The summed E-state index contributed by atoms with van der Waals surface area (Å²) < 4.78 is 26.7. The van der Waals surface area contributed by atoms with Gasteiger partial charge in [-0.05, 0) is 86.6 Å². The van der Waals surface area contributed by atoms with Gasteiger partial charge in [-0.2, -0.15) is 0 Å². The number of esters is 5. The lowest BCUT2D eigenvalue weighted by Crippen LogP contribution is -2.10. The fraction of sp³-hybridized carbons (Fsp3) is 0.0465. The Bertz CT molecular complexity index is 2270. The van der Waals surface area contributed by atoms with Gasteiger partial charge in [-0.1, -0.05) is 50.0 Å². The van der Waals surface area contributed by atoms with Crippen LogP contribution < -0.4 is 23.7 Å². The van der Waals surface area contributed by atoms with Gasteiger partial charge in [0.05, 0.1) is 16.7 Å². The number of ether oxygens (including phenoxy) is 5. The maximum Gasteiger partial charge on any atom is 0.343 e. The number of rotatable bonds is 10. The van der Waals surface area contributed by atoms with Crippen LogP contribution in [0.3, 0.4) is 0 Å². The molecule has 0 aliphatic carbocycles. The van der Waals surface area contributed by atoms with Crippen LogP contribution >= 0.6 is 0 Å². The summed E-state index contributed by atoms with van der Waals surface area (Å²) in [7, 11) is 0. The molecular weight excluding hydrogens is 676 g/mol. The van der Waals surface area contributed by atoms with Crippen molar-refractivity contribution in [2.45, 2.75) is 13.8 Å². The third-order valence-corrected chi connectivity index (χ3v) is 6.65. The van der Waals surface area contributed by atoms with E-state index < -0.39 is 29.8 Å². The Morgan fingerprint density at radius 3 is 1.23 bits per heavy atom. The van der Waals surface area contributed by atoms with Gasteiger partial charge in [0.2, 0.25) is 0 Å². The Labute approximate surface area is 305 Å². The van der Waals surface area contributed by atoms with Crippen LogP contribution in [0, 0.1) is 23.7 Å². The number of hydrogen-bond donors (Lipinski definition) is 0.